The minimum atomic E-state index is -3.76. The van der Waals surface area contributed by atoms with Crippen molar-refractivity contribution in [3.63, 3.8) is 0 Å². The van der Waals surface area contributed by atoms with Gasteiger partial charge >= 0.3 is 5.97 Å². The number of aromatic carboxylic acids is 1. The molecular weight excluding hydrogens is 300 g/mol. The van der Waals surface area contributed by atoms with Gasteiger partial charge in [0.15, 0.2) is 5.79 Å². The Balaban J connectivity index is 1.85. The van der Waals surface area contributed by atoms with Crippen LogP contribution >= 0.6 is 0 Å². The third-order valence-corrected chi connectivity index (χ3v) is 5.54. The van der Waals surface area contributed by atoms with E-state index in [1.807, 2.05) is 0 Å². The van der Waals surface area contributed by atoms with Gasteiger partial charge in [-0.2, -0.15) is 4.31 Å². The van der Waals surface area contributed by atoms with E-state index >= 15 is 0 Å². The van der Waals surface area contributed by atoms with Crippen LogP contribution in [0.25, 0.3) is 0 Å². The molecule has 3 heterocycles. The van der Waals surface area contributed by atoms with Crippen LogP contribution in [0.2, 0.25) is 0 Å². The summed E-state index contributed by atoms with van der Waals surface area (Å²) < 4.78 is 37.5. The Kier molecular flexibility index (Phi) is 3.52. The molecule has 2 saturated heterocycles. The van der Waals surface area contributed by atoms with Crippen molar-refractivity contribution in [2.45, 2.75) is 23.5 Å². The second-order valence-electron chi connectivity index (χ2n) is 5.10. The molecule has 3 rings (SSSR count). The fourth-order valence-electron chi connectivity index (χ4n) is 2.69. The van der Waals surface area contributed by atoms with Gasteiger partial charge < -0.3 is 19.6 Å². The maximum Gasteiger partial charge on any atom is 0.352 e. The number of hydrogen-bond acceptors (Lipinski definition) is 5. The van der Waals surface area contributed by atoms with Gasteiger partial charge in [0.1, 0.15) is 10.6 Å². The van der Waals surface area contributed by atoms with Gasteiger partial charge in [0, 0.05) is 19.2 Å². The molecule has 0 saturated carbocycles. The molecule has 9 heteroatoms. The number of carboxylic acid groups (broad SMARTS) is 1. The lowest BCUT2D eigenvalue weighted by Crippen LogP contribution is -2.50. The summed E-state index contributed by atoms with van der Waals surface area (Å²) in [6.07, 6.45) is 2.48. The predicted octanol–water partition coefficient (Wildman–Crippen LogP) is 0.240. The number of aromatic nitrogens is 1. The van der Waals surface area contributed by atoms with E-state index in [1.165, 1.54) is 10.5 Å². The summed E-state index contributed by atoms with van der Waals surface area (Å²) in [4.78, 5) is 13.2. The zero-order chi connectivity index (χ0) is 15.1. The Morgan fingerprint density at radius 1 is 1.38 bits per heavy atom. The van der Waals surface area contributed by atoms with E-state index in [2.05, 4.69) is 4.98 Å². The highest BCUT2D eigenvalue weighted by Crippen LogP contribution is 2.32. The number of carbonyl (C=O) groups is 1. The molecule has 2 N–H and O–H groups in total. The number of nitrogens with zero attached hydrogens (tertiary/aromatic N) is 1. The van der Waals surface area contributed by atoms with E-state index in [-0.39, 0.29) is 17.1 Å². The van der Waals surface area contributed by atoms with E-state index in [4.69, 9.17) is 14.6 Å². The highest BCUT2D eigenvalue weighted by atomic mass is 32.2. The molecule has 21 heavy (non-hydrogen) atoms. The smallest absolute Gasteiger partial charge is 0.352 e. The number of piperidine rings is 1. The molecule has 0 unspecified atom stereocenters. The van der Waals surface area contributed by atoms with Gasteiger partial charge in [-0.1, -0.05) is 0 Å². The van der Waals surface area contributed by atoms with E-state index in [0.29, 0.717) is 32.6 Å². The largest absolute Gasteiger partial charge is 0.477 e. The van der Waals surface area contributed by atoms with Crippen molar-refractivity contribution in [3.8, 4) is 0 Å². The van der Waals surface area contributed by atoms with Crippen LogP contribution in [0.4, 0.5) is 0 Å². The summed E-state index contributed by atoms with van der Waals surface area (Å²) in [6, 6.07) is 1.12. The number of carboxylic acids is 1. The maximum atomic E-state index is 12.6. The molecule has 0 aromatic carbocycles. The van der Waals surface area contributed by atoms with Crippen LogP contribution in [0, 0.1) is 0 Å². The quantitative estimate of drug-likeness (QED) is 0.827. The van der Waals surface area contributed by atoms with E-state index < -0.39 is 21.8 Å². The van der Waals surface area contributed by atoms with Crippen LogP contribution in [0.1, 0.15) is 23.3 Å². The molecule has 0 atom stereocenters. The summed E-state index contributed by atoms with van der Waals surface area (Å²) in [5, 5.41) is 8.86. The summed E-state index contributed by atoms with van der Waals surface area (Å²) in [5.74, 6) is -2.05. The fourth-order valence-corrected chi connectivity index (χ4v) is 4.19. The van der Waals surface area contributed by atoms with E-state index in [1.54, 1.807) is 0 Å². The number of H-pyrrole nitrogens is 1. The van der Waals surface area contributed by atoms with Crippen LogP contribution in [-0.2, 0) is 19.5 Å². The maximum absolute atomic E-state index is 12.6. The Hall–Kier alpha value is -1.42. The van der Waals surface area contributed by atoms with Gasteiger partial charge in [0.05, 0.1) is 19.8 Å². The second-order valence-corrected chi connectivity index (χ2v) is 7.04. The zero-order valence-electron chi connectivity index (χ0n) is 11.2. The first kappa shape index (κ1) is 14.5. The minimum absolute atomic E-state index is 0.0602. The lowest BCUT2D eigenvalue weighted by Gasteiger charge is -2.37. The van der Waals surface area contributed by atoms with Crippen LogP contribution in [0.5, 0.6) is 0 Å². The van der Waals surface area contributed by atoms with Crippen molar-refractivity contribution >= 4 is 16.0 Å². The molecule has 0 amide bonds. The minimum Gasteiger partial charge on any atom is -0.477 e. The molecule has 1 aromatic heterocycles. The first-order valence-corrected chi connectivity index (χ1v) is 8.07. The molecule has 0 bridgehead atoms. The SMILES string of the molecule is O=C(O)c1cc(S(=O)(=O)N2CCCC3(C2)OCCO3)c[nH]1. The van der Waals surface area contributed by atoms with E-state index in [9.17, 15) is 13.2 Å². The first-order chi connectivity index (χ1) is 9.93. The number of hydrogen-bond donors (Lipinski definition) is 2. The molecule has 2 aliphatic heterocycles. The molecule has 1 aromatic rings. The van der Waals surface area contributed by atoms with Gasteiger partial charge in [-0.3, -0.25) is 0 Å². The van der Waals surface area contributed by atoms with Gasteiger partial charge in [-0.15, -0.1) is 0 Å². The number of aromatic amines is 1. The van der Waals surface area contributed by atoms with Crippen LogP contribution in [0.15, 0.2) is 17.2 Å². The van der Waals surface area contributed by atoms with E-state index in [0.717, 1.165) is 6.07 Å². The Morgan fingerprint density at radius 2 is 2.10 bits per heavy atom. The van der Waals surface area contributed by atoms with Gasteiger partial charge in [-0.05, 0) is 12.5 Å². The van der Waals surface area contributed by atoms with Crippen LogP contribution in [0.3, 0.4) is 0 Å². The Bertz CT molecular complexity index is 646. The first-order valence-electron chi connectivity index (χ1n) is 6.63. The molecule has 2 aliphatic rings. The molecule has 116 valence electrons. The average molecular weight is 316 g/mol. The lowest BCUT2D eigenvalue weighted by atomic mass is 10.1. The van der Waals surface area contributed by atoms with Crippen molar-refractivity contribution < 1.29 is 27.8 Å². The van der Waals surface area contributed by atoms with Crippen molar-refractivity contribution in [3.05, 3.63) is 18.0 Å². The number of sulfonamides is 1. The molecule has 2 fully saturated rings. The van der Waals surface area contributed by atoms with Crippen LogP contribution < -0.4 is 0 Å². The fraction of sp³-hybridized carbons (Fsp3) is 0.583. The average Bonchev–Trinajstić information content (AvgIpc) is 3.09. The molecule has 8 nitrogen and oxygen atoms in total. The topological polar surface area (TPSA) is 109 Å². The zero-order valence-corrected chi connectivity index (χ0v) is 12.1. The van der Waals surface area contributed by atoms with Crippen molar-refractivity contribution in [1.29, 1.82) is 0 Å². The predicted molar refractivity (Wildman–Crippen MR) is 70.4 cm³/mol. The highest BCUT2D eigenvalue weighted by molar-refractivity contribution is 7.89. The molecule has 0 aliphatic carbocycles. The number of nitrogens with one attached hydrogen (secondary N) is 1. The van der Waals surface area contributed by atoms with Crippen molar-refractivity contribution in [1.82, 2.24) is 9.29 Å². The number of ether oxygens (including phenoxy) is 2. The Morgan fingerprint density at radius 3 is 2.71 bits per heavy atom. The van der Waals surface area contributed by atoms with Gasteiger partial charge in [-0.25, -0.2) is 13.2 Å². The molecular formula is C12H16N2O6S. The number of rotatable bonds is 3. The van der Waals surface area contributed by atoms with Gasteiger partial charge in [0.2, 0.25) is 10.0 Å². The molecule has 1 spiro atoms. The normalized spacial score (nSPS) is 22.7. The third kappa shape index (κ3) is 2.57. The lowest BCUT2D eigenvalue weighted by molar-refractivity contribution is -0.179. The van der Waals surface area contributed by atoms with Crippen molar-refractivity contribution in [2.24, 2.45) is 0 Å². The second kappa shape index (κ2) is 5.09. The standard InChI is InChI=1S/C12H16N2O6S/c15-11(16)10-6-9(7-13-10)21(17,18)14-3-1-2-12(8-14)19-4-5-20-12/h6-7,13H,1-5,8H2,(H,15,16). The Labute approximate surface area is 121 Å². The van der Waals surface area contributed by atoms with Gasteiger partial charge in [0.25, 0.3) is 0 Å². The highest BCUT2D eigenvalue weighted by Gasteiger charge is 2.44. The monoisotopic (exact) mass is 316 g/mol. The summed E-state index contributed by atoms with van der Waals surface area (Å²) in [7, 11) is -3.76. The summed E-state index contributed by atoms with van der Waals surface area (Å²) in [5.41, 5.74) is -0.159. The summed E-state index contributed by atoms with van der Waals surface area (Å²) in [6.45, 7) is 1.41. The third-order valence-electron chi connectivity index (χ3n) is 3.72. The molecule has 0 radical (unpaired) electrons. The van der Waals surface area contributed by atoms with Crippen molar-refractivity contribution in [2.75, 3.05) is 26.3 Å². The summed E-state index contributed by atoms with van der Waals surface area (Å²) >= 11 is 0. The van der Waals surface area contributed by atoms with Crippen LogP contribution in [-0.4, -0.2) is 60.9 Å².